The maximum atomic E-state index is 8.52. The molecule has 0 unspecified atom stereocenters. The number of ether oxygens (including phenoxy) is 1. The molecule has 5 nitrogen and oxygen atoms in total. The van der Waals surface area contributed by atoms with Crippen LogP contribution in [0.25, 0.3) is 0 Å². The van der Waals surface area contributed by atoms with Crippen LogP contribution >= 0.6 is 0 Å². The fourth-order valence-electron chi connectivity index (χ4n) is 1.44. The van der Waals surface area contributed by atoms with E-state index in [2.05, 4.69) is 22.2 Å². The minimum atomic E-state index is 0.0831. The fraction of sp³-hybridized carbons (Fsp3) is 0.667. The van der Waals surface area contributed by atoms with Gasteiger partial charge >= 0.3 is 0 Å². The van der Waals surface area contributed by atoms with E-state index in [9.17, 15) is 0 Å². The van der Waals surface area contributed by atoms with Crippen molar-refractivity contribution in [2.45, 2.75) is 26.2 Å². The van der Waals surface area contributed by atoms with Crippen LogP contribution in [0.3, 0.4) is 0 Å². The Labute approximate surface area is 102 Å². The molecular formula is C12H21N3O2. The summed E-state index contributed by atoms with van der Waals surface area (Å²) in [5.74, 6) is 0.866. The number of aliphatic hydroxyl groups is 1. The van der Waals surface area contributed by atoms with Crippen LogP contribution in [0.5, 0.6) is 0 Å². The van der Waals surface area contributed by atoms with Crippen LogP contribution in [-0.2, 0) is 11.2 Å². The van der Waals surface area contributed by atoms with Gasteiger partial charge in [0.15, 0.2) is 0 Å². The first kappa shape index (κ1) is 13.9. The molecule has 0 bridgehead atoms. The number of aryl methyl sites for hydroxylation is 1. The number of aliphatic hydroxyl groups excluding tert-OH is 1. The summed E-state index contributed by atoms with van der Waals surface area (Å²) in [6, 6.07) is 1.98. The number of anilines is 1. The average molecular weight is 239 g/mol. The largest absolute Gasteiger partial charge is 0.394 e. The Balaban J connectivity index is 2.19. The van der Waals surface area contributed by atoms with Crippen molar-refractivity contribution in [1.29, 1.82) is 0 Å². The van der Waals surface area contributed by atoms with Crippen molar-refractivity contribution >= 4 is 5.82 Å². The third-order valence-corrected chi connectivity index (χ3v) is 2.24. The number of rotatable bonds is 9. The third-order valence-electron chi connectivity index (χ3n) is 2.24. The highest BCUT2D eigenvalue weighted by Crippen LogP contribution is 2.05. The molecule has 0 saturated heterocycles. The van der Waals surface area contributed by atoms with Crippen LogP contribution in [-0.4, -0.2) is 41.4 Å². The van der Waals surface area contributed by atoms with Gasteiger partial charge in [-0.25, -0.2) is 9.97 Å². The number of nitrogens with zero attached hydrogens (tertiary/aromatic N) is 2. The van der Waals surface area contributed by atoms with Gasteiger partial charge in [-0.3, -0.25) is 0 Å². The van der Waals surface area contributed by atoms with Gasteiger partial charge in [0.1, 0.15) is 12.1 Å². The van der Waals surface area contributed by atoms with Gasteiger partial charge in [0.05, 0.1) is 13.2 Å². The molecule has 0 spiro atoms. The van der Waals surface area contributed by atoms with Gasteiger partial charge in [0, 0.05) is 24.9 Å². The van der Waals surface area contributed by atoms with Crippen molar-refractivity contribution in [2.75, 3.05) is 31.7 Å². The molecular weight excluding hydrogens is 218 g/mol. The SMILES string of the molecule is CCCc1cc(NCCCOCCO)ncn1. The minimum absolute atomic E-state index is 0.0831. The summed E-state index contributed by atoms with van der Waals surface area (Å²) in [6.45, 7) is 4.09. The summed E-state index contributed by atoms with van der Waals surface area (Å²) in [5, 5.41) is 11.8. The van der Waals surface area contributed by atoms with E-state index in [1.165, 1.54) is 0 Å². The van der Waals surface area contributed by atoms with E-state index in [0.717, 1.165) is 37.3 Å². The molecule has 0 radical (unpaired) electrons. The van der Waals surface area contributed by atoms with Crippen LogP contribution in [0.1, 0.15) is 25.5 Å². The standard InChI is InChI=1S/C12H21N3O2/c1-2-4-11-9-12(15-10-14-11)13-5-3-7-17-8-6-16/h9-10,16H,2-8H2,1H3,(H,13,14,15). The second kappa shape index (κ2) is 8.90. The Kier molecular flexibility index (Phi) is 7.25. The fourth-order valence-corrected chi connectivity index (χ4v) is 1.44. The van der Waals surface area contributed by atoms with Crippen LogP contribution in [0.15, 0.2) is 12.4 Å². The summed E-state index contributed by atoms with van der Waals surface area (Å²) in [5.41, 5.74) is 1.07. The number of hydrogen-bond acceptors (Lipinski definition) is 5. The molecule has 0 aromatic carbocycles. The highest BCUT2D eigenvalue weighted by molar-refractivity contribution is 5.34. The predicted molar refractivity (Wildman–Crippen MR) is 67.0 cm³/mol. The topological polar surface area (TPSA) is 67.3 Å². The average Bonchev–Trinajstić information content (AvgIpc) is 2.35. The van der Waals surface area contributed by atoms with Crippen molar-refractivity contribution in [1.82, 2.24) is 9.97 Å². The van der Waals surface area contributed by atoms with E-state index >= 15 is 0 Å². The molecule has 0 amide bonds. The second-order valence-electron chi connectivity index (χ2n) is 3.76. The normalized spacial score (nSPS) is 10.5. The van der Waals surface area contributed by atoms with E-state index < -0.39 is 0 Å². The highest BCUT2D eigenvalue weighted by atomic mass is 16.5. The summed E-state index contributed by atoms with van der Waals surface area (Å²) < 4.78 is 5.16. The van der Waals surface area contributed by atoms with Crippen molar-refractivity contribution < 1.29 is 9.84 Å². The molecule has 1 aromatic heterocycles. The van der Waals surface area contributed by atoms with Gasteiger partial charge in [0.25, 0.3) is 0 Å². The van der Waals surface area contributed by atoms with Gasteiger partial charge in [-0.05, 0) is 12.8 Å². The molecule has 0 aliphatic rings. The van der Waals surface area contributed by atoms with Crippen molar-refractivity contribution in [3.63, 3.8) is 0 Å². The lowest BCUT2D eigenvalue weighted by Crippen LogP contribution is -2.09. The molecule has 17 heavy (non-hydrogen) atoms. The van der Waals surface area contributed by atoms with Gasteiger partial charge in [-0.2, -0.15) is 0 Å². The maximum absolute atomic E-state index is 8.52. The van der Waals surface area contributed by atoms with E-state index in [1.54, 1.807) is 6.33 Å². The van der Waals surface area contributed by atoms with Crippen LogP contribution in [0, 0.1) is 0 Å². The van der Waals surface area contributed by atoms with Crippen LogP contribution in [0.4, 0.5) is 5.82 Å². The molecule has 0 saturated carbocycles. The zero-order valence-electron chi connectivity index (χ0n) is 10.4. The first-order valence-corrected chi connectivity index (χ1v) is 6.10. The Morgan fingerprint density at radius 1 is 1.35 bits per heavy atom. The molecule has 1 heterocycles. The lowest BCUT2D eigenvalue weighted by molar-refractivity contribution is 0.0922. The van der Waals surface area contributed by atoms with Crippen molar-refractivity contribution in [3.8, 4) is 0 Å². The smallest absolute Gasteiger partial charge is 0.129 e. The summed E-state index contributed by atoms with van der Waals surface area (Å²) in [6.07, 6.45) is 4.56. The molecule has 0 fully saturated rings. The van der Waals surface area contributed by atoms with E-state index in [-0.39, 0.29) is 6.61 Å². The molecule has 2 N–H and O–H groups in total. The minimum Gasteiger partial charge on any atom is -0.394 e. The molecule has 0 atom stereocenters. The van der Waals surface area contributed by atoms with E-state index in [1.807, 2.05) is 6.07 Å². The van der Waals surface area contributed by atoms with Gasteiger partial charge in [-0.15, -0.1) is 0 Å². The zero-order chi connectivity index (χ0) is 12.3. The lowest BCUT2D eigenvalue weighted by Gasteiger charge is -2.06. The Morgan fingerprint density at radius 3 is 3.00 bits per heavy atom. The number of aromatic nitrogens is 2. The summed E-state index contributed by atoms with van der Waals surface area (Å²) in [7, 11) is 0. The molecule has 96 valence electrons. The van der Waals surface area contributed by atoms with E-state index in [4.69, 9.17) is 9.84 Å². The van der Waals surface area contributed by atoms with Crippen molar-refractivity contribution in [2.24, 2.45) is 0 Å². The van der Waals surface area contributed by atoms with E-state index in [0.29, 0.717) is 13.2 Å². The number of nitrogens with one attached hydrogen (secondary N) is 1. The highest BCUT2D eigenvalue weighted by Gasteiger charge is 1.97. The molecule has 0 aliphatic heterocycles. The van der Waals surface area contributed by atoms with Crippen LogP contribution < -0.4 is 5.32 Å². The molecule has 5 heteroatoms. The lowest BCUT2D eigenvalue weighted by atomic mass is 10.2. The number of hydrogen-bond donors (Lipinski definition) is 2. The molecule has 1 aromatic rings. The van der Waals surface area contributed by atoms with Gasteiger partial charge < -0.3 is 15.2 Å². The maximum Gasteiger partial charge on any atom is 0.129 e. The Morgan fingerprint density at radius 2 is 2.24 bits per heavy atom. The predicted octanol–water partition coefficient (Wildman–Crippen LogP) is 1.24. The Bertz CT molecular complexity index is 308. The monoisotopic (exact) mass is 239 g/mol. The summed E-state index contributed by atoms with van der Waals surface area (Å²) in [4.78, 5) is 8.35. The second-order valence-corrected chi connectivity index (χ2v) is 3.76. The Hall–Kier alpha value is -1.20. The first-order valence-electron chi connectivity index (χ1n) is 6.10. The first-order chi connectivity index (χ1) is 8.36. The third kappa shape index (κ3) is 6.19. The quantitative estimate of drug-likeness (QED) is 0.635. The molecule has 1 rings (SSSR count). The molecule has 0 aliphatic carbocycles. The zero-order valence-corrected chi connectivity index (χ0v) is 10.4. The van der Waals surface area contributed by atoms with Crippen molar-refractivity contribution in [3.05, 3.63) is 18.1 Å². The van der Waals surface area contributed by atoms with Crippen LogP contribution in [0.2, 0.25) is 0 Å². The van der Waals surface area contributed by atoms with Gasteiger partial charge in [0.2, 0.25) is 0 Å². The van der Waals surface area contributed by atoms with Gasteiger partial charge in [-0.1, -0.05) is 13.3 Å². The summed E-state index contributed by atoms with van der Waals surface area (Å²) >= 11 is 0.